The molecule has 11 heteroatoms. The number of hydrogen-bond donors (Lipinski definition) is 0. The van der Waals surface area contributed by atoms with Gasteiger partial charge >= 0.3 is 19.7 Å². The predicted octanol–water partition coefficient (Wildman–Crippen LogP) is 12.8. The Bertz CT molecular complexity index is 1030. The van der Waals surface area contributed by atoms with Crippen molar-refractivity contribution in [2.75, 3.05) is 38.1 Å². The molecule has 1 rings (SSSR count). The van der Waals surface area contributed by atoms with Gasteiger partial charge in [-0.15, -0.1) is 23.2 Å². The van der Waals surface area contributed by atoms with Gasteiger partial charge in [-0.3, -0.25) is 14.1 Å². The van der Waals surface area contributed by atoms with Gasteiger partial charge in [0.1, 0.15) is 12.4 Å². The number of esters is 2. The number of halogens is 2. The minimum Gasteiger partial charge on any atom is -0.462 e. The van der Waals surface area contributed by atoms with Gasteiger partial charge in [-0.2, -0.15) is 4.67 Å². The molecular weight excluding hydrogens is 720 g/mol. The minimum absolute atomic E-state index is 0.177. The number of benzene rings is 1. The molecule has 0 aliphatic heterocycles. The maximum atomic E-state index is 14.2. The lowest BCUT2D eigenvalue weighted by Crippen LogP contribution is -2.33. The summed E-state index contributed by atoms with van der Waals surface area (Å²) in [5.74, 6) is -0.0455. The van der Waals surface area contributed by atoms with Gasteiger partial charge in [-0.25, -0.2) is 4.57 Å². The first-order valence-electron chi connectivity index (χ1n) is 20.6. The molecule has 0 aromatic heterocycles. The lowest BCUT2D eigenvalue weighted by Gasteiger charge is -2.30. The summed E-state index contributed by atoms with van der Waals surface area (Å²) in [6, 6.07) is 8.71. The van der Waals surface area contributed by atoms with E-state index in [0.717, 1.165) is 38.5 Å². The minimum atomic E-state index is -3.99. The van der Waals surface area contributed by atoms with Crippen LogP contribution in [0.25, 0.3) is 0 Å². The van der Waals surface area contributed by atoms with E-state index in [1.807, 2.05) is 6.07 Å². The fraction of sp³-hybridized carbons (Fsp3) is 0.805. The van der Waals surface area contributed by atoms with Crippen LogP contribution in [-0.4, -0.2) is 60.8 Å². The van der Waals surface area contributed by atoms with Crippen molar-refractivity contribution < 1.29 is 32.7 Å². The topological polar surface area (TPSA) is 91.4 Å². The zero-order valence-electron chi connectivity index (χ0n) is 32.7. The Morgan fingerprint density at radius 3 is 1.48 bits per heavy atom. The summed E-state index contributed by atoms with van der Waals surface area (Å²) >= 11 is 12.1. The van der Waals surface area contributed by atoms with Crippen LogP contribution in [0.15, 0.2) is 30.3 Å². The summed E-state index contributed by atoms with van der Waals surface area (Å²) < 4.78 is 38.9. The Morgan fingerprint density at radius 2 is 1.04 bits per heavy atom. The number of alkyl halides is 2. The number of unbranched alkanes of at least 4 members (excludes halogenated alkanes) is 20. The quantitative estimate of drug-likeness (QED) is 0.0285. The van der Waals surface area contributed by atoms with E-state index in [4.69, 9.17) is 41.7 Å². The largest absolute Gasteiger partial charge is 0.462 e. The zero-order valence-corrected chi connectivity index (χ0v) is 35.1. The first-order valence-corrected chi connectivity index (χ1v) is 23.2. The van der Waals surface area contributed by atoms with Crippen LogP contribution in [0, 0.1) is 0 Å². The van der Waals surface area contributed by atoms with Crippen LogP contribution in [0.4, 0.5) is 0 Å². The molecule has 0 saturated heterocycles. The van der Waals surface area contributed by atoms with E-state index in [2.05, 4.69) is 13.8 Å². The average molecular weight is 793 g/mol. The summed E-state index contributed by atoms with van der Waals surface area (Å²) in [6.07, 6.45) is 25.7. The number of ether oxygens (including phenoxy) is 2. The lowest BCUT2D eigenvalue weighted by atomic mass is 10.1. The number of nitrogens with zero attached hydrogens (tertiary/aromatic N) is 1. The second kappa shape index (κ2) is 34.2. The molecule has 0 aliphatic rings. The Kier molecular flexibility index (Phi) is 32.0. The second-order valence-corrected chi connectivity index (χ2v) is 16.6. The van der Waals surface area contributed by atoms with Crippen molar-refractivity contribution in [3.05, 3.63) is 30.3 Å². The van der Waals surface area contributed by atoms with E-state index in [9.17, 15) is 14.2 Å². The fourth-order valence-corrected chi connectivity index (χ4v) is 8.40. The molecule has 2 atom stereocenters. The monoisotopic (exact) mass is 791 g/mol. The Balaban J connectivity index is 2.67. The van der Waals surface area contributed by atoms with E-state index < -0.39 is 19.8 Å². The maximum absolute atomic E-state index is 14.2. The highest BCUT2D eigenvalue weighted by Crippen LogP contribution is 2.52. The van der Waals surface area contributed by atoms with E-state index >= 15 is 0 Å². The van der Waals surface area contributed by atoms with Gasteiger partial charge in [0.25, 0.3) is 0 Å². The second-order valence-electron chi connectivity index (χ2n) is 13.9. The first kappa shape index (κ1) is 48.7. The van der Waals surface area contributed by atoms with E-state index in [-0.39, 0.29) is 50.5 Å². The molecule has 2 unspecified atom stereocenters. The van der Waals surface area contributed by atoms with Crippen LogP contribution >= 0.6 is 30.9 Å². The van der Waals surface area contributed by atoms with Crippen LogP contribution in [0.5, 0.6) is 5.75 Å². The molecule has 0 saturated carbocycles. The third-order valence-corrected chi connectivity index (χ3v) is 11.5. The molecule has 0 heterocycles. The van der Waals surface area contributed by atoms with Crippen LogP contribution in [0.1, 0.15) is 168 Å². The highest BCUT2D eigenvalue weighted by molar-refractivity contribution is 7.51. The van der Waals surface area contributed by atoms with Crippen molar-refractivity contribution in [3.63, 3.8) is 0 Å². The molecule has 0 amide bonds. The highest BCUT2D eigenvalue weighted by Gasteiger charge is 2.36. The number of hydrogen-bond acceptors (Lipinski definition) is 7. The average Bonchev–Trinajstić information content (AvgIpc) is 3.14. The molecule has 0 spiro atoms. The standard InChI is InChI=1S/C41H72Cl2NO7P/c1-3-5-7-9-11-13-15-17-19-21-26-30-40(45)48-36-39(50-41(46)31-27-22-20-18-16-14-12-10-8-6-4-2)37-49-52(47,44(34-32-42)35-33-43)51-38-28-24-23-25-29-38/h23-25,28-29,39H,3-22,26-27,30-37H2,1-2H3. The van der Waals surface area contributed by atoms with E-state index in [0.29, 0.717) is 12.2 Å². The molecule has 52 heavy (non-hydrogen) atoms. The van der Waals surface area contributed by atoms with Gasteiger partial charge in [0.2, 0.25) is 0 Å². The molecular formula is C41H72Cl2NO7P. The van der Waals surface area contributed by atoms with Gasteiger partial charge in [-0.05, 0) is 25.0 Å². The van der Waals surface area contributed by atoms with Gasteiger partial charge in [0.05, 0.1) is 6.61 Å². The Hall–Kier alpha value is -1.31. The smallest absolute Gasteiger partial charge is 0.461 e. The van der Waals surface area contributed by atoms with Gasteiger partial charge in [0.15, 0.2) is 6.10 Å². The SMILES string of the molecule is CCCCCCCCCCCCCC(=O)OCC(COP(=O)(Oc1ccccc1)N(CCCl)CCCl)OC(=O)CCCCCCCCCCCCC. The van der Waals surface area contributed by atoms with Crippen LogP contribution in [-0.2, 0) is 28.2 Å². The number of rotatable bonds is 37. The van der Waals surface area contributed by atoms with Gasteiger partial charge < -0.3 is 14.0 Å². The lowest BCUT2D eigenvalue weighted by molar-refractivity contribution is -0.161. The molecule has 0 fully saturated rings. The molecule has 1 aromatic carbocycles. The highest BCUT2D eigenvalue weighted by atomic mass is 35.5. The van der Waals surface area contributed by atoms with Crippen LogP contribution in [0.3, 0.4) is 0 Å². The zero-order chi connectivity index (χ0) is 38.0. The number of carbonyl (C=O) groups is 2. The van der Waals surface area contributed by atoms with Gasteiger partial charge in [0, 0.05) is 37.7 Å². The van der Waals surface area contributed by atoms with Crippen molar-refractivity contribution >= 4 is 42.9 Å². The molecule has 8 nitrogen and oxygen atoms in total. The molecule has 0 radical (unpaired) electrons. The third kappa shape index (κ3) is 26.5. The van der Waals surface area contributed by atoms with Gasteiger partial charge in [-0.1, -0.05) is 160 Å². The summed E-state index contributed by atoms with van der Waals surface area (Å²) in [4.78, 5) is 25.6. The van der Waals surface area contributed by atoms with Crippen molar-refractivity contribution in [1.29, 1.82) is 0 Å². The molecule has 0 N–H and O–H groups in total. The summed E-state index contributed by atoms with van der Waals surface area (Å²) in [5, 5.41) is 0. The third-order valence-electron chi connectivity index (χ3n) is 9.12. The molecule has 302 valence electrons. The summed E-state index contributed by atoms with van der Waals surface area (Å²) in [6.45, 7) is 4.40. The first-order chi connectivity index (χ1) is 25.4. The van der Waals surface area contributed by atoms with Crippen LogP contribution in [0.2, 0.25) is 0 Å². The summed E-state index contributed by atoms with van der Waals surface area (Å²) in [5.41, 5.74) is 0. The Labute approximate surface area is 327 Å². The molecule has 0 aliphatic carbocycles. The number of carbonyl (C=O) groups excluding carboxylic acids is 2. The predicted molar refractivity (Wildman–Crippen MR) is 217 cm³/mol. The van der Waals surface area contributed by atoms with Crippen LogP contribution < -0.4 is 4.52 Å². The fourth-order valence-electron chi connectivity index (χ4n) is 6.00. The van der Waals surface area contributed by atoms with E-state index in [1.54, 1.807) is 24.3 Å². The summed E-state index contributed by atoms with van der Waals surface area (Å²) in [7, 11) is -3.99. The maximum Gasteiger partial charge on any atom is 0.461 e. The molecule has 1 aromatic rings. The van der Waals surface area contributed by atoms with E-state index in [1.165, 1.54) is 107 Å². The molecule has 0 bridgehead atoms. The van der Waals surface area contributed by atoms with Crippen molar-refractivity contribution in [3.8, 4) is 5.75 Å². The van der Waals surface area contributed by atoms with Crippen molar-refractivity contribution in [2.24, 2.45) is 0 Å². The normalized spacial score (nSPS) is 13.2. The van der Waals surface area contributed by atoms with Crippen molar-refractivity contribution in [2.45, 2.75) is 174 Å². The van der Waals surface area contributed by atoms with Crippen molar-refractivity contribution in [1.82, 2.24) is 4.67 Å². The number of para-hydroxylation sites is 1. The Morgan fingerprint density at radius 1 is 0.615 bits per heavy atom.